The molecule has 16 heavy (non-hydrogen) atoms. The molecule has 8 nitrogen and oxygen atoms in total. The van der Waals surface area contributed by atoms with Crippen LogP contribution in [0.25, 0.3) is 11.2 Å². The predicted octanol–water partition coefficient (Wildman–Crippen LogP) is -1.49. The van der Waals surface area contributed by atoms with Gasteiger partial charge in [0.15, 0.2) is 11.2 Å². The number of aromatic amines is 1. The van der Waals surface area contributed by atoms with Crippen molar-refractivity contribution >= 4 is 17.1 Å². The highest BCUT2D eigenvalue weighted by molar-refractivity contribution is 5.73. The fraction of sp³-hybridized carbons (Fsp3) is 0.250. The molecular formula is C8H8N4O4. The molecule has 2 aromatic rings. The van der Waals surface area contributed by atoms with Crippen LogP contribution in [0.3, 0.4) is 0 Å². The van der Waals surface area contributed by atoms with Gasteiger partial charge in [0.1, 0.15) is 6.54 Å². The largest absolute Gasteiger partial charge is 0.480 e. The minimum Gasteiger partial charge on any atom is -0.480 e. The molecule has 0 saturated heterocycles. The molecule has 0 bridgehead atoms. The van der Waals surface area contributed by atoms with E-state index in [9.17, 15) is 14.4 Å². The second-order valence-corrected chi connectivity index (χ2v) is 3.26. The molecule has 0 aliphatic rings. The van der Waals surface area contributed by atoms with Gasteiger partial charge in [-0.1, -0.05) is 0 Å². The zero-order valence-corrected chi connectivity index (χ0v) is 8.30. The van der Waals surface area contributed by atoms with Gasteiger partial charge >= 0.3 is 11.7 Å². The smallest absolute Gasteiger partial charge is 0.329 e. The maximum atomic E-state index is 11.5. The van der Waals surface area contributed by atoms with Gasteiger partial charge in [0.2, 0.25) is 0 Å². The zero-order valence-electron chi connectivity index (χ0n) is 8.30. The molecule has 2 aromatic heterocycles. The van der Waals surface area contributed by atoms with E-state index in [1.807, 2.05) is 0 Å². The van der Waals surface area contributed by atoms with Crippen molar-refractivity contribution in [2.45, 2.75) is 6.54 Å². The number of fused-ring (bicyclic) bond motifs is 1. The highest BCUT2D eigenvalue weighted by Gasteiger charge is 2.12. The van der Waals surface area contributed by atoms with E-state index in [1.165, 1.54) is 17.9 Å². The molecule has 0 unspecified atom stereocenters. The Labute approximate surface area is 87.8 Å². The Morgan fingerprint density at radius 1 is 1.56 bits per heavy atom. The van der Waals surface area contributed by atoms with Crippen LogP contribution in [0.15, 0.2) is 15.9 Å². The second-order valence-electron chi connectivity index (χ2n) is 3.26. The fourth-order valence-electron chi connectivity index (χ4n) is 1.45. The number of carbonyl (C=O) groups is 1. The van der Waals surface area contributed by atoms with Crippen LogP contribution in [0.5, 0.6) is 0 Å². The number of rotatable bonds is 2. The van der Waals surface area contributed by atoms with Gasteiger partial charge in [-0.25, -0.2) is 9.78 Å². The summed E-state index contributed by atoms with van der Waals surface area (Å²) >= 11 is 0. The first-order valence-corrected chi connectivity index (χ1v) is 4.36. The minimum atomic E-state index is -1.09. The summed E-state index contributed by atoms with van der Waals surface area (Å²) < 4.78 is 2.32. The quantitative estimate of drug-likeness (QED) is 0.645. The van der Waals surface area contributed by atoms with Gasteiger partial charge in [-0.3, -0.25) is 19.1 Å². The van der Waals surface area contributed by atoms with Crippen LogP contribution in [0.2, 0.25) is 0 Å². The summed E-state index contributed by atoms with van der Waals surface area (Å²) in [6.07, 6.45) is 1.22. The molecule has 0 radical (unpaired) electrons. The summed E-state index contributed by atoms with van der Waals surface area (Å²) in [5.41, 5.74) is -0.991. The maximum Gasteiger partial charge on any atom is 0.329 e. The molecule has 0 atom stereocenters. The molecule has 0 aliphatic heterocycles. The Hall–Kier alpha value is -2.38. The van der Waals surface area contributed by atoms with Crippen molar-refractivity contribution < 1.29 is 9.90 Å². The molecule has 8 heteroatoms. The number of carboxylic acid groups (broad SMARTS) is 1. The molecule has 2 heterocycles. The van der Waals surface area contributed by atoms with E-state index >= 15 is 0 Å². The molecule has 0 amide bonds. The zero-order chi connectivity index (χ0) is 11.9. The highest BCUT2D eigenvalue weighted by atomic mass is 16.4. The third kappa shape index (κ3) is 1.40. The second kappa shape index (κ2) is 3.33. The van der Waals surface area contributed by atoms with E-state index in [-0.39, 0.29) is 17.7 Å². The van der Waals surface area contributed by atoms with Crippen molar-refractivity contribution in [3.63, 3.8) is 0 Å². The topological polar surface area (TPSA) is 110 Å². The Morgan fingerprint density at radius 2 is 2.25 bits per heavy atom. The maximum absolute atomic E-state index is 11.5. The van der Waals surface area contributed by atoms with E-state index in [0.29, 0.717) is 0 Å². The van der Waals surface area contributed by atoms with Gasteiger partial charge in [0, 0.05) is 7.05 Å². The van der Waals surface area contributed by atoms with Gasteiger partial charge < -0.3 is 9.67 Å². The summed E-state index contributed by atoms with van der Waals surface area (Å²) in [4.78, 5) is 39.2. The number of nitrogens with zero attached hydrogens (tertiary/aromatic N) is 3. The average molecular weight is 224 g/mol. The Morgan fingerprint density at radius 3 is 2.88 bits per heavy atom. The molecule has 0 aromatic carbocycles. The number of aliphatic carboxylic acids is 1. The molecule has 0 spiro atoms. The van der Waals surface area contributed by atoms with Gasteiger partial charge in [0.25, 0.3) is 5.56 Å². The molecule has 0 saturated carbocycles. The number of H-pyrrole nitrogens is 1. The van der Waals surface area contributed by atoms with Crippen molar-refractivity contribution in [3.05, 3.63) is 27.2 Å². The molecule has 0 fully saturated rings. The average Bonchev–Trinajstić information content (AvgIpc) is 2.58. The van der Waals surface area contributed by atoms with E-state index in [4.69, 9.17) is 5.11 Å². The Balaban J connectivity index is 2.83. The lowest BCUT2D eigenvalue weighted by Gasteiger charge is -2.00. The highest BCUT2D eigenvalue weighted by Crippen LogP contribution is 2.03. The number of imidazole rings is 1. The normalized spacial score (nSPS) is 10.8. The third-order valence-corrected chi connectivity index (χ3v) is 2.18. The van der Waals surface area contributed by atoms with E-state index in [1.54, 1.807) is 0 Å². The van der Waals surface area contributed by atoms with Gasteiger partial charge in [0.05, 0.1) is 6.33 Å². The molecule has 2 rings (SSSR count). The van der Waals surface area contributed by atoms with Gasteiger partial charge in [-0.05, 0) is 0 Å². The summed E-state index contributed by atoms with van der Waals surface area (Å²) in [7, 11) is 1.44. The van der Waals surface area contributed by atoms with Crippen LogP contribution < -0.4 is 11.2 Å². The first kappa shape index (κ1) is 10.1. The van der Waals surface area contributed by atoms with E-state index in [0.717, 1.165) is 4.57 Å². The van der Waals surface area contributed by atoms with Crippen molar-refractivity contribution in [1.29, 1.82) is 0 Å². The summed E-state index contributed by atoms with van der Waals surface area (Å²) in [5, 5.41) is 8.63. The Bertz CT molecular complexity index is 677. The first-order chi connectivity index (χ1) is 7.50. The van der Waals surface area contributed by atoms with Crippen LogP contribution >= 0.6 is 0 Å². The summed E-state index contributed by atoms with van der Waals surface area (Å²) in [6, 6.07) is 0. The minimum absolute atomic E-state index is 0.0736. The summed E-state index contributed by atoms with van der Waals surface area (Å²) in [6.45, 7) is -0.377. The van der Waals surface area contributed by atoms with Crippen LogP contribution in [0.1, 0.15) is 0 Å². The lowest BCUT2D eigenvalue weighted by molar-refractivity contribution is -0.137. The molecule has 84 valence electrons. The number of aromatic nitrogens is 4. The third-order valence-electron chi connectivity index (χ3n) is 2.18. The molecule has 2 N–H and O–H groups in total. The van der Waals surface area contributed by atoms with Gasteiger partial charge in [-0.2, -0.15) is 0 Å². The number of aryl methyl sites for hydroxylation is 1. The van der Waals surface area contributed by atoms with Gasteiger partial charge in [-0.15, -0.1) is 0 Å². The van der Waals surface area contributed by atoms with E-state index < -0.39 is 17.2 Å². The lowest BCUT2D eigenvalue weighted by atomic mass is 10.5. The van der Waals surface area contributed by atoms with Crippen LogP contribution in [-0.4, -0.2) is 30.2 Å². The fourth-order valence-corrected chi connectivity index (χ4v) is 1.45. The van der Waals surface area contributed by atoms with Crippen LogP contribution in [0, 0.1) is 0 Å². The standard InChI is InChI=1S/C8H8N4O4/c1-11-6-5(7(15)10-8(11)16)12(3-9-6)2-4(13)14/h3H,2H2,1H3,(H,13,14)(H,10,15,16). The van der Waals surface area contributed by atoms with Crippen molar-refractivity contribution in [1.82, 2.24) is 19.1 Å². The number of hydrogen-bond acceptors (Lipinski definition) is 4. The number of hydrogen-bond donors (Lipinski definition) is 2. The SMILES string of the molecule is Cn1c(=O)[nH]c(=O)c2c1ncn2CC(=O)O. The number of carboxylic acids is 1. The summed E-state index contributed by atoms with van der Waals surface area (Å²) in [5.74, 6) is -1.09. The molecule has 0 aliphatic carbocycles. The van der Waals surface area contributed by atoms with E-state index in [2.05, 4.69) is 9.97 Å². The predicted molar refractivity (Wildman–Crippen MR) is 53.2 cm³/mol. The first-order valence-electron chi connectivity index (χ1n) is 4.36. The monoisotopic (exact) mass is 224 g/mol. The van der Waals surface area contributed by atoms with Crippen molar-refractivity contribution in [3.8, 4) is 0 Å². The molecular weight excluding hydrogens is 216 g/mol. The van der Waals surface area contributed by atoms with Crippen molar-refractivity contribution in [2.24, 2.45) is 7.05 Å². The lowest BCUT2D eigenvalue weighted by Crippen LogP contribution is -2.29. The van der Waals surface area contributed by atoms with Crippen LogP contribution in [-0.2, 0) is 18.4 Å². The van der Waals surface area contributed by atoms with Crippen LogP contribution in [0.4, 0.5) is 0 Å². The number of nitrogens with one attached hydrogen (secondary N) is 1. The van der Waals surface area contributed by atoms with Crippen molar-refractivity contribution in [2.75, 3.05) is 0 Å². The Kier molecular flexibility index (Phi) is 2.11.